The second-order valence-electron chi connectivity index (χ2n) is 7.22. The number of aliphatic imine (C=N–C) groups is 1. The quantitative estimate of drug-likeness (QED) is 0.537. The fraction of sp³-hybridized carbons (Fsp3) is 0.250. The maximum atomic E-state index is 5.73. The van der Waals surface area contributed by atoms with Crippen LogP contribution < -0.4 is 15.8 Å². The molecular weight excluding hydrogens is 388 g/mol. The number of allylic oxidation sites excluding steroid dienone is 1. The highest BCUT2D eigenvalue weighted by atomic mass is 16.5. The van der Waals surface area contributed by atoms with Gasteiger partial charge < -0.3 is 15.8 Å². The van der Waals surface area contributed by atoms with Crippen molar-refractivity contribution in [1.29, 1.82) is 0 Å². The zero-order valence-electron chi connectivity index (χ0n) is 18.3. The van der Waals surface area contributed by atoms with Crippen LogP contribution in [0.4, 0.5) is 5.82 Å². The van der Waals surface area contributed by atoms with Crippen LogP contribution in [-0.2, 0) is 0 Å². The summed E-state index contributed by atoms with van der Waals surface area (Å²) in [6, 6.07) is 12.0. The average Bonchev–Trinajstić information content (AvgIpc) is 2.81. The molecule has 0 saturated carbocycles. The number of methoxy groups -OCH3 is 1. The normalized spacial score (nSPS) is 12.7. The van der Waals surface area contributed by atoms with Gasteiger partial charge in [-0.25, -0.2) is 9.97 Å². The highest BCUT2D eigenvalue weighted by Crippen LogP contribution is 2.30. The van der Waals surface area contributed by atoms with Crippen molar-refractivity contribution in [3.8, 4) is 17.0 Å². The molecule has 7 heteroatoms. The summed E-state index contributed by atoms with van der Waals surface area (Å²) in [7, 11) is 3.39. The highest BCUT2D eigenvalue weighted by molar-refractivity contribution is 6.09. The molecule has 0 aliphatic heterocycles. The van der Waals surface area contributed by atoms with Gasteiger partial charge in [-0.05, 0) is 36.2 Å². The number of rotatable bonds is 8. The standard InChI is InChI=1S/C24H28N6O/c1-16(21-8-7-18(9-23(21)31-4)20(11-25)13-26-3)12-28-24-10-22(29-15-30-24)19-6-5-17(2)27-14-19/h5-11,13-16H,12,25H2,1-4H3,(H,28,29,30). The molecule has 2 heterocycles. The van der Waals surface area contributed by atoms with Gasteiger partial charge in [0.15, 0.2) is 0 Å². The van der Waals surface area contributed by atoms with Gasteiger partial charge >= 0.3 is 0 Å². The van der Waals surface area contributed by atoms with E-state index in [2.05, 4.69) is 38.3 Å². The Balaban J connectivity index is 1.74. The molecule has 0 fully saturated rings. The predicted octanol–water partition coefficient (Wildman–Crippen LogP) is 4.07. The largest absolute Gasteiger partial charge is 0.496 e. The van der Waals surface area contributed by atoms with E-state index in [0.717, 1.165) is 45.2 Å². The Labute approximate surface area is 183 Å². The zero-order chi connectivity index (χ0) is 22.2. The minimum atomic E-state index is 0.189. The number of hydrogen-bond donors (Lipinski definition) is 2. The van der Waals surface area contributed by atoms with Crippen LogP contribution in [0.1, 0.15) is 29.7 Å². The lowest BCUT2D eigenvalue weighted by atomic mass is 9.96. The van der Waals surface area contributed by atoms with Crippen molar-refractivity contribution < 1.29 is 4.74 Å². The predicted molar refractivity (Wildman–Crippen MR) is 126 cm³/mol. The summed E-state index contributed by atoms with van der Waals surface area (Å²) in [5.74, 6) is 1.76. The number of hydrogen-bond acceptors (Lipinski definition) is 7. The van der Waals surface area contributed by atoms with Crippen LogP contribution in [0.15, 0.2) is 60.1 Å². The third-order valence-corrected chi connectivity index (χ3v) is 5.01. The topological polar surface area (TPSA) is 98.3 Å². The van der Waals surface area contributed by atoms with Crippen molar-refractivity contribution in [3.05, 3.63) is 71.9 Å². The first kappa shape index (κ1) is 22.0. The highest BCUT2D eigenvalue weighted by Gasteiger charge is 2.14. The lowest BCUT2D eigenvalue weighted by Gasteiger charge is -2.18. The summed E-state index contributed by atoms with van der Waals surface area (Å²) in [4.78, 5) is 17.1. The second kappa shape index (κ2) is 10.3. The molecule has 0 radical (unpaired) electrons. The van der Waals surface area contributed by atoms with E-state index in [-0.39, 0.29) is 5.92 Å². The molecule has 1 atom stereocenters. The molecule has 3 aromatic rings. The van der Waals surface area contributed by atoms with Crippen molar-refractivity contribution in [2.24, 2.45) is 10.7 Å². The van der Waals surface area contributed by atoms with Gasteiger partial charge in [-0.15, -0.1) is 0 Å². The Morgan fingerprint density at radius 3 is 2.71 bits per heavy atom. The van der Waals surface area contributed by atoms with Crippen LogP contribution >= 0.6 is 0 Å². The first-order valence-corrected chi connectivity index (χ1v) is 10.1. The Morgan fingerprint density at radius 2 is 2.03 bits per heavy atom. The lowest BCUT2D eigenvalue weighted by Crippen LogP contribution is -2.12. The Hall–Kier alpha value is -3.74. The van der Waals surface area contributed by atoms with Crippen LogP contribution in [-0.4, -0.2) is 41.9 Å². The molecule has 31 heavy (non-hydrogen) atoms. The number of ether oxygens (including phenoxy) is 1. The van der Waals surface area contributed by atoms with Gasteiger partial charge in [0.25, 0.3) is 0 Å². The molecule has 2 aromatic heterocycles. The molecule has 3 rings (SSSR count). The van der Waals surface area contributed by atoms with Gasteiger partial charge in [-0.1, -0.05) is 19.1 Å². The SMILES string of the molecule is CN=CC(=CN)c1ccc(C(C)CNc2cc(-c3ccc(C)nc3)ncn2)c(OC)c1. The first-order chi connectivity index (χ1) is 15.0. The molecule has 3 N–H and O–H groups in total. The monoisotopic (exact) mass is 416 g/mol. The van der Waals surface area contributed by atoms with Gasteiger partial charge in [-0.2, -0.15) is 0 Å². The second-order valence-corrected chi connectivity index (χ2v) is 7.22. The van der Waals surface area contributed by atoms with E-state index < -0.39 is 0 Å². The van der Waals surface area contributed by atoms with Gasteiger partial charge in [0.05, 0.1) is 12.8 Å². The number of anilines is 1. The average molecular weight is 417 g/mol. The maximum absolute atomic E-state index is 5.73. The van der Waals surface area contributed by atoms with E-state index in [4.69, 9.17) is 10.5 Å². The lowest BCUT2D eigenvalue weighted by molar-refractivity contribution is 0.407. The van der Waals surface area contributed by atoms with E-state index in [0.29, 0.717) is 6.54 Å². The summed E-state index contributed by atoms with van der Waals surface area (Å²) < 4.78 is 5.65. The number of pyridine rings is 1. The van der Waals surface area contributed by atoms with Gasteiger partial charge in [0, 0.05) is 61.0 Å². The molecule has 1 unspecified atom stereocenters. The van der Waals surface area contributed by atoms with Crippen LogP contribution in [0, 0.1) is 6.92 Å². The molecule has 0 bridgehead atoms. The number of aryl methyl sites for hydroxylation is 1. The summed E-state index contributed by atoms with van der Waals surface area (Å²) in [6.07, 6.45) is 6.66. The van der Waals surface area contributed by atoms with E-state index in [1.165, 1.54) is 0 Å². The summed E-state index contributed by atoms with van der Waals surface area (Å²) in [5.41, 5.74) is 11.4. The summed E-state index contributed by atoms with van der Waals surface area (Å²) in [6.45, 7) is 4.79. The van der Waals surface area contributed by atoms with Crippen LogP contribution in [0.25, 0.3) is 16.8 Å². The van der Waals surface area contributed by atoms with Crippen LogP contribution in [0.2, 0.25) is 0 Å². The third-order valence-electron chi connectivity index (χ3n) is 5.01. The van der Waals surface area contributed by atoms with Gasteiger partial charge in [-0.3, -0.25) is 9.98 Å². The van der Waals surface area contributed by atoms with Crippen molar-refractivity contribution in [3.63, 3.8) is 0 Å². The summed E-state index contributed by atoms with van der Waals surface area (Å²) in [5, 5.41) is 3.40. The van der Waals surface area contributed by atoms with Crippen LogP contribution in [0.3, 0.4) is 0 Å². The van der Waals surface area contributed by atoms with Gasteiger partial charge in [0.2, 0.25) is 0 Å². The zero-order valence-corrected chi connectivity index (χ0v) is 18.3. The molecule has 0 saturated heterocycles. The molecule has 7 nitrogen and oxygen atoms in total. The fourth-order valence-electron chi connectivity index (χ4n) is 3.25. The number of nitrogens with zero attached hydrogens (tertiary/aromatic N) is 4. The third kappa shape index (κ3) is 5.45. The Bertz CT molecular complexity index is 1080. The fourth-order valence-corrected chi connectivity index (χ4v) is 3.25. The molecule has 0 spiro atoms. The van der Waals surface area contributed by atoms with Crippen LogP contribution in [0.5, 0.6) is 5.75 Å². The molecule has 0 aliphatic carbocycles. The van der Waals surface area contributed by atoms with E-state index in [1.807, 2.05) is 43.5 Å². The van der Waals surface area contributed by atoms with E-state index in [9.17, 15) is 0 Å². The number of nitrogens with two attached hydrogens (primary N) is 1. The minimum absolute atomic E-state index is 0.189. The molecule has 0 aliphatic rings. The number of benzene rings is 1. The first-order valence-electron chi connectivity index (χ1n) is 10.1. The van der Waals surface area contributed by atoms with Crippen molar-refractivity contribution in [1.82, 2.24) is 15.0 Å². The number of nitrogens with one attached hydrogen (secondary N) is 1. The molecular formula is C24H28N6O. The smallest absolute Gasteiger partial charge is 0.129 e. The summed E-state index contributed by atoms with van der Waals surface area (Å²) >= 11 is 0. The minimum Gasteiger partial charge on any atom is -0.496 e. The van der Waals surface area contributed by atoms with E-state index >= 15 is 0 Å². The molecule has 160 valence electrons. The molecule has 0 amide bonds. The molecule has 1 aromatic carbocycles. The van der Waals surface area contributed by atoms with Crippen molar-refractivity contribution in [2.45, 2.75) is 19.8 Å². The van der Waals surface area contributed by atoms with Crippen molar-refractivity contribution in [2.75, 3.05) is 26.0 Å². The number of aromatic nitrogens is 3. The Kier molecular flexibility index (Phi) is 7.32. The van der Waals surface area contributed by atoms with Gasteiger partial charge in [0.1, 0.15) is 17.9 Å². The van der Waals surface area contributed by atoms with Crippen molar-refractivity contribution >= 4 is 17.6 Å². The van der Waals surface area contributed by atoms with E-state index in [1.54, 1.807) is 32.9 Å². The maximum Gasteiger partial charge on any atom is 0.129 e. The Morgan fingerprint density at radius 1 is 1.19 bits per heavy atom.